The Hall–Kier alpha value is -2.46. The first-order chi connectivity index (χ1) is 13.7. The largest absolute Gasteiger partial charge is 0.455 e. The van der Waals surface area contributed by atoms with Crippen molar-refractivity contribution in [3.63, 3.8) is 0 Å². The molecule has 1 aromatic rings. The summed E-state index contributed by atoms with van der Waals surface area (Å²) in [7, 11) is -3.88. The molecule has 0 saturated heterocycles. The molecule has 29 heavy (non-hydrogen) atoms. The van der Waals surface area contributed by atoms with Crippen LogP contribution in [0.25, 0.3) is 0 Å². The van der Waals surface area contributed by atoms with Crippen LogP contribution in [0.2, 0.25) is 0 Å². The minimum Gasteiger partial charge on any atom is -0.455 e. The zero-order valence-corrected chi connectivity index (χ0v) is 17.4. The van der Waals surface area contributed by atoms with Gasteiger partial charge >= 0.3 is 12.0 Å². The third-order valence-corrected chi connectivity index (χ3v) is 6.04. The Morgan fingerprint density at radius 1 is 1.14 bits per heavy atom. The van der Waals surface area contributed by atoms with Crippen molar-refractivity contribution in [1.82, 2.24) is 15.4 Å². The number of aryl methyl sites for hydroxylation is 2. The Kier molecular flexibility index (Phi) is 8.15. The van der Waals surface area contributed by atoms with E-state index in [4.69, 9.17) is 4.74 Å². The van der Waals surface area contributed by atoms with E-state index in [1.165, 1.54) is 6.07 Å². The first-order valence-corrected chi connectivity index (χ1v) is 11.1. The highest BCUT2D eigenvalue weighted by Crippen LogP contribution is 2.23. The molecule has 2 rings (SSSR count). The number of amides is 3. The standard InChI is InChI=1S/C19H27N3O6S/c1-3-13(2)21-19(25)22-17(23)12-28-18(24)11-20-29(26,27)16-9-8-14-6-4-5-7-15(14)10-16/h8-10,13,20H,3-7,11-12H2,1-2H3,(H2,21,22,23,25)/t13-/m0/s1. The van der Waals surface area contributed by atoms with E-state index >= 15 is 0 Å². The zero-order valence-electron chi connectivity index (χ0n) is 16.6. The third-order valence-electron chi connectivity index (χ3n) is 4.64. The highest BCUT2D eigenvalue weighted by atomic mass is 32.2. The second-order valence-corrected chi connectivity index (χ2v) is 8.72. The fourth-order valence-corrected chi connectivity index (χ4v) is 3.86. The van der Waals surface area contributed by atoms with Crippen LogP contribution < -0.4 is 15.4 Å². The lowest BCUT2D eigenvalue weighted by Crippen LogP contribution is -2.45. The topological polar surface area (TPSA) is 131 Å². The Morgan fingerprint density at radius 2 is 1.83 bits per heavy atom. The average molecular weight is 426 g/mol. The second kappa shape index (κ2) is 10.4. The normalized spacial score (nSPS) is 14.4. The van der Waals surface area contributed by atoms with Gasteiger partial charge in [0.05, 0.1) is 4.90 Å². The van der Waals surface area contributed by atoms with E-state index < -0.39 is 41.1 Å². The van der Waals surface area contributed by atoms with Crippen LogP contribution in [0.4, 0.5) is 4.79 Å². The molecule has 3 N–H and O–H groups in total. The third kappa shape index (κ3) is 7.13. The summed E-state index contributed by atoms with van der Waals surface area (Å²) in [6.07, 6.45) is 4.58. The fourth-order valence-electron chi connectivity index (χ4n) is 2.84. The average Bonchev–Trinajstić information content (AvgIpc) is 2.70. The maximum absolute atomic E-state index is 12.4. The van der Waals surface area contributed by atoms with Crippen molar-refractivity contribution in [3.05, 3.63) is 29.3 Å². The van der Waals surface area contributed by atoms with E-state index in [2.05, 4.69) is 10.0 Å². The number of hydrogen-bond donors (Lipinski definition) is 3. The lowest BCUT2D eigenvalue weighted by atomic mass is 9.92. The van der Waals surface area contributed by atoms with Gasteiger partial charge in [-0.1, -0.05) is 13.0 Å². The highest BCUT2D eigenvalue weighted by Gasteiger charge is 2.19. The highest BCUT2D eigenvalue weighted by molar-refractivity contribution is 7.89. The molecule has 160 valence electrons. The van der Waals surface area contributed by atoms with Gasteiger partial charge in [0.25, 0.3) is 5.91 Å². The van der Waals surface area contributed by atoms with E-state index in [9.17, 15) is 22.8 Å². The number of rotatable bonds is 8. The number of hydrogen-bond acceptors (Lipinski definition) is 6. The van der Waals surface area contributed by atoms with Gasteiger partial charge in [0.1, 0.15) is 6.54 Å². The summed E-state index contributed by atoms with van der Waals surface area (Å²) in [6.45, 7) is 2.34. The van der Waals surface area contributed by atoms with Crippen LogP contribution in [-0.2, 0) is 37.2 Å². The summed E-state index contributed by atoms with van der Waals surface area (Å²) in [5, 5.41) is 4.55. The Bertz CT molecular complexity index is 869. The van der Waals surface area contributed by atoms with E-state index in [-0.39, 0.29) is 10.9 Å². The fraction of sp³-hybridized carbons (Fsp3) is 0.526. The lowest BCUT2D eigenvalue weighted by molar-refractivity contribution is -0.147. The number of fused-ring (bicyclic) bond motifs is 1. The number of urea groups is 1. The summed E-state index contributed by atoms with van der Waals surface area (Å²) in [5.74, 6) is -1.74. The van der Waals surface area contributed by atoms with Gasteiger partial charge in [-0.3, -0.25) is 14.9 Å². The molecule has 0 saturated carbocycles. The number of ether oxygens (including phenoxy) is 1. The van der Waals surface area contributed by atoms with Crippen molar-refractivity contribution >= 4 is 27.9 Å². The number of imide groups is 1. The molecule has 1 aromatic carbocycles. The molecule has 1 atom stereocenters. The van der Waals surface area contributed by atoms with E-state index in [1.54, 1.807) is 19.1 Å². The van der Waals surface area contributed by atoms with Crippen molar-refractivity contribution in [2.45, 2.75) is 56.9 Å². The van der Waals surface area contributed by atoms with Crippen molar-refractivity contribution in [3.8, 4) is 0 Å². The van der Waals surface area contributed by atoms with Gasteiger partial charge in [0.15, 0.2) is 6.61 Å². The van der Waals surface area contributed by atoms with Crippen LogP contribution in [0.3, 0.4) is 0 Å². The molecule has 0 spiro atoms. The molecule has 0 unspecified atom stereocenters. The Morgan fingerprint density at radius 3 is 2.52 bits per heavy atom. The summed E-state index contributed by atoms with van der Waals surface area (Å²) >= 11 is 0. The molecule has 1 aliphatic carbocycles. The maximum Gasteiger partial charge on any atom is 0.321 e. The SMILES string of the molecule is CC[C@H](C)NC(=O)NC(=O)COC(=O)CNS(=O)(=O)c1ccc2c(c1)CCCC2. The van der Waals surface area contributed by atoms with Crippen LogP contribution >= 0.6 is 0 Å². The Labute approximate surface area is 170 Å². The maximum atomic E-state index is 12.4. The molecule has 0 fully saturated rings. The van der Waals surface area contributed by atoms with Crippen molar-refractivity contribution in [1.29, 1.82) is 0 Å². The molecule has 0 radical (unpaired) electrons. The predicted molar refractivity (Wildman–Crippen MR) is 106 cm³/mol. The number of nitrogens with one attached hydrogen (secondary N) is 3. The first-order valence-electron chi connectivity index (χ1n) is 9.58. The molecular formula is C19H27N3O6S. The molecule has 10 heteroatoms. The molecular weight excluding hydrogens is 398 g/mol. The number of carbonyl (C=O) groups excluding carboxylic acids is 3. The molecule has 1 aliphatic rings. The van der Waals surface area contributed by atoms with Crippen LogP contribution in [0, 0.1) is 0 Å². The minimum absolute atomic E-state index is 0.0883. The van der Waals surface area contributed by atoms with Gasteiger partial charge in [-0.25, -0.2) is 13.2 Å². The molecule has 0 aromatic heterocycles. The van der Waals surface area contributed by atoms with Gasteiger partial charge in [0.2, 0.25) is 10.0 Å². The van der Waals surface area contributed by atoms with Crippen LogP contribution in [0.15, 0.2) is 23.1 Å². The quantitative estimate of drug-likeness (QED) is 0.533. The minimum atomic E-state index is -3.88. The second-order valence-electron chi connectivity index (χ2n) is 6.95. The van der Waals surface area contributed by atoms with Gasteiger partial charge < -0.3 is 10.1 Å². The van der Waals surface area contributed by atoms with Gasteiger partial charge in [-0.05, 0) is 62.3 Å². The van der Waals surface area contributed by atoms with Crippen molar-refractivity contribution < 1.29 is 27.5 Å². The Balaban J connectivity index is 1.79. The predicted octanol–water partition coefficient (Wildman–Crippen LogP) is 1.01. The number of carbonyl (C=O) groups is 3. The van der Waals surface area contributed by atoms with Gasteiger partial charge in [0, 0.05) is 6.04 Å². The zero-order chi connectivity index (χ0) is 21.4. The molecule has 3 amide bonds. The summed E-state index contributed by atoms with van der Waals surface area (Å²) in [6, 6.07) is 4.15. The van der Waals surface area contributed by atoms with Gasteiger partial charge in [-0.2, -0.15) is 4.72 Å². The molecule has 0 heterocycles. The molecule has 9 nitrogen and oxygen atoms in total. The summed E-state index contributed by atoms with van der Waals surface area (Å²) in [5.41, 5.74) is 2.16. The van der Waals surface area contributed by atoms with Gasteiger partial charge in [-0.15, -0.1) is 0 Å². The van der Waals surface area contributed by atoms with Crippen molar-refractivity contribution in [2.75, 3.05) is 13.2 Å². The lowest BCUT2D eigenvalue weighted by Gasteiger charge is -2.16. The van der Waals surface area contributed by atoms with E-state index in [1.807, 2.05) is 12.2 Å². The monoisotopic (exact) mass is 425 g/mol. The summed E-state index contributed by atoms with van der Waals surface area (Å²) < 4.78 is 31.6. The number of benzene rings is 1. The molecule has 0 aliphatic heterocycles. The molecule has 0 bridgehead atoms. The smallest absolute Gasteiger partial charge is 0.321 e. The number of esters is 1. The van der Waals surface area contributed by atoms with E-state index in [0.29, 0.717) is 6.42 Å². The number of sulfonamides is 1. The van der Waals surface area contributed by atoms with E-state index in [0.717, 1.165) is 36.8 Å². The van der Waals surface area contributed by atoms with Crippen LogP contribution in [-0.4, -0.2) is 45.5 Å². The van der Waals surface area contributed by atoms with Crippen molar-refractivity contribution in [2.24, 2.45) is 0 Å². The first kappa shape index (κ1) is 22.8. The van der Waals surface area contributed by atoms with Crippen LogP contribution in [0.1, 0.15) is 44.2 Å². The van der Waals surface area contributed by atoms with Crippen LogP contribution in [0.5, 0.6) is 0 Å². The summed E-state index contributed by atoms with van der Waals surface area (Å²) in [4.78, 5) is 34.9.